The van der Waals surface area contributed by atoms with Crippen LogP contribution >= 0.6 is 0 Å². The zero-order valence-corrected chi connectivity index (χ0v) is 12.9. The molecule has 6 atom stereocenters. The molecular formula is C18H28B. The maximum Gasteiger partial charge on any atom is 0.118 e. The summed E-state index contributed by atoms with van der Waals surface area (Å²) in [5.41, 5.74) is 2.47. The summed E-state index contributed by atoms with van der Waals surface area (Å²) < 4.78 is 0. The number of hydrogen-bond donors (Lipinski definition) is 0. The normalized spacial score (nSPS) is 50.8. The van der Waals surface area contributed by atoms with Crippen molar-refractivity contribution in [3.63, 3.8) is 0 Å². The van der Waals surface area contributed by atoms with Gasteiger partial charge >= 0.3 is 0 Å². The molecule has 0 amide bonds. The Hall–Kier alpha value is -0.195. The van der Waals surface area contributed by atoms with Crippen molar-refractivity contribution in [2.75, 3.05) is 0 Å². The minimum Gasteiger partial charge on any atom is -0.0811 e. The smallest absolute Gasteiger partial charge is 0.0811 e. The van der Waals surface area contributed by atoms with E-state index in [9.17, 15) is 0 Å². The third-order valence-electron chi connectivity index (χ3n) is 7.37. The van der Waals surface area contributed by atoms with Gasteiger partial charge in [-0.2, -0.15) is 0 Å². The summed E-state index contributed by atoms with van der Waals surface area (Å²) in [7, 11) is 2.75. The minimum absolute atomic E-state index is 0.594. The molecule has 5 unspecified atom stereocenters. The van der Waals surface area contributed by atoms with Gasteiger partial charge in [0.05, 0.1) is 0 Å². The van der Waals surface area contributed by atoms with Crippen LogP contribution in [-0.4, -0.2) is 7.28 Å². The number of fused-ring (bicyclic) bond motifs is 3. The van der Waals surface area contributed by atoms with Gasteiger partial charge in [0, 0.05) is 0 Å². The Morgan fingerprint density at radius 2 is 2.00 bits per heavy atom. The Morgan fingerprint density at radius 1 is 1.16 bits per heavy atom. The molecule has 103 valence electrons. The Morgan fingerprint density at radius 3 is 2.74 bits per heavy atom. The van der Waals surface area contributed by atoms with Gasteiger partial charge in [-0.15, -0.1) is 0 Å². The summed E-state index contributed by atoms with van der Waals surface area (Å²) in [5, 5.41) is 0. The molecule has 5 aliphatic rings. The van der Waals surface area contributed by atoms with Crippen LogP contribution in [0.4, 0.5) is 0 Å². The molecule has 0 nitrogen and oxygen atoms in total. The lowest BCUT2D eigenvalue weighted by Crippen LogP contribution is -2.52. The van der Waals surface area contributed by atoms with E-state index in [1.54, 1.807) is 0 Å². The molecule has 3 fully saturated rings. The molecule has 2 aliphatic heterocycles. The second kappa shape index (κ2) is 4.15. The van der Waals surface area contributed by atoms with Crippen molar-refractivity contribution in [2.24, 2.45) is 29.1 Å². The van der Waals surface area contributed by atoms with Gasteiger partial charge in [-0.1, -0.05) is 69.7 Å². The van der Waals surface area contributed by atoms with Crippen molar-refractivity contribution in [1.82, 2.24) is 0 Å². The van der Waals surface area contributed by atoms with E-state index >= 15 is 0 Å². The zero-order chi connectivity index (χ0) is 13.2. The van der Waals surface area contributed by atoms with Crippen LogP contribution in [0.25, 0.3) is 0 Å². The fraction of sp³-hybridized carbons (Fsp3) is 0.889. The summed E-state index contributed by atoms with van der Waals surface area (Å²) in [4.78, 5) is 0. The Kier molecular flexibility index (Phi) is 2.74. The molecule has 0 aromatic heterocycles. The number of hydrogen-bond acceptors (Lipinski definition) is 0. The average Bonchev–Trinajstić information content (AvgIpc) is 2.39. The first-order valence-electron chi connectivity index (χ1n) is 8.64. The highest BCUT2D eigenvalue weighted by atomic mass is 14.6. The summed E-state index contributed by atoms with van der Waals surface area (Å²) in [6.07, 6.45) is 11.6. The van der Waals surface area contributed by atoms with Crippen molar-refractivity contribution in [2.45, 2.75) is 70.9 Å². The lowest BCUT2D eigenvalue weighted by Gasteiger charge is -2.60. The molecule has 3 aliphatic carbocycles. The molecule has 1 saturated carbocycles. The molecule has 0 spiro atoms. The Bertz CT molecular complexity index is 408. The number of rotatable bonds is 1. The molecule has 19 heavy (non-hydrogen) atoms. The molecule has 0 aromatic carbocycles. The highest BCUT2D eigenvalue weighted by Gasteiger charge is 2.54. The summed E-state index contributed by atoms with van der Waals surface area (Å²) in [6.45, 7) is 7.53. The van der Waals surface area contributed by atoms with Crippen molar-refractivity contribution in [1.29, 1.82) is 0 Å². The van der Waals surface area contributed by atoms with E-state index in [0.29, 0.717) is 5.41 Å². The van der Waals surface area contributed by atoms with E-state index in [-0.39, 0.29) is 0 Å². The highest BCUT2D eigenvalue weighted by Crippen LogP contribution is 2.63. The maximum atomic E-state index is 2.75. The predicted molar refractivity (Wildman–Crippen MR) is 82.5 cm³/mol. The van der Waals surface area contributed by atoms with Crippen molar-refractivity contribution in [3.8, 4) is 0 Å². The fourth-order valence-electron chi connectivity index (χ4n) is 5.96. The first-order valence-corrected chi connectivity index (χ1v) is 8.64. The van der Waals surface area contributed by atoms with Gasteiger partial charge in [0.2, 0.25) is 0 Å². The van der Waals surface area contributed by atoms with Gasteiger partial charge in [-0.3, -0.25) is 0 Å². The van der Waals surface area contributed by atoms with Gasteiger partial charge in [0.25, 0.3) is 0 Å². The Labute approximate surface area is 119 Å². The molecule has 1 radical (unpaired) electrons. The van der Waals surface area contributed by atoms with Crippen LogP contribution in [0.1, 0.15) is 59.3 Å². The van der Waals surface area contributed by atoms with E-state index in [2.05, 4.69) is 34.1 Å². The topological polar surface area (TPSA) is 0 Å². The van der Waals surface area contributed by atoms with Crippen LogP contribution < -0.4 is 0 Å². The second-order valence-electron chi connectivity index (χ2n) is 8.46. The molecule has 0 N–H and O–H groups in total. The monoisotopic (exact) mass is 255 g/mol. The van der Waals surface area contributed by atoms with E-state index < -0.39 is 0 Å². The van der Waals surface area contributed by atoms with Gasteiger partial charge in [-0.05, 0) is 41.9 Å². The zero-order valence-electron chi connectivity index (χ0n) is 12.9. The van der Waals surface area contributed by atoms with Crippen LogP contribution in [0, 0.1) is 29.1 Å². The van der Waals surface area contributed by atoms with E-state index in [0.717, 1.165) is 35.3 Å². The standard InChI is InChI=1S/C18H28B/c1-11-15(9-12-10-16(11)18(12,2)3)14-8-7-13-5-4-6-17(14)19-13/h9,11-14,16-17H,4-8,10H2,1-3H3/t11?,12?,13?,14?,16-,17?/m0/s1. The van der Waals surface area contributed by atoms with Gasteiger partial charge in [0.15, 0.2) is 0 Å². The average molecular weight is 255 g/mol. The van der Waals surface area contributed by atoms with Crippen LogP contribution in [-0.2, 0) is 0 Å². The van der Waals surface area contributed by atoms with Crippen LogP contribution in [0.5, 0.6) is 0 Å². The molecule has 2 saturated heterocycles. The molecule has 4 bridgehead atoms. The maximum absolute atomic E-state index is 2.75. The first-order chi connectivity index (χ1) is 9.07. The molecule has 2 heterocycles. The summed E-state index contributed by atoms with van der Waals surface area (Å²) in [5.74, 6) is 5.55. The SMILES string of the molecule is CC1C(C2CCC3[B]C2CCC3)=CC2C[C@@H]1C2(C)C. The molecule has 1 heteroatoms. The second-order valence-corrected chi connectivity index (χ2v) is 8.46. The van der Waals surface area contributed by atoms with E-state index in [1.807, 2.05) is 5.57 Å². The van der Waals surface area contributed by atoms with Crippen molar-refractivity contribution >= 4 is 7.28 Å². The van der Waals surface area contributed by atoms with E-state index in [1.165, 1.54) is 38.5 Å². The van der Waals surface area contributed by atoms with Gasteiger partial charge < -0.3 is 0 Å². The van der Waals surface area contributed by atoms with E-state index in [4.69, 9.17) is 0 Å². The van der Waals surface area contributed by atoms with Crippen LogP contribution in [0.15, 0.2) is 11.6 Å². The lowest BCUT2D eigenvalue weighted by atomic mass is 9.38. The third kappa shape index (κ3) is 1.72. The first kappa shape index (κ1) is 12.5. The van der Waals surface area contributed by atoms with Crippen molar-refractivity contribution < 1.29 is 0 Å². The molecule has 5 rings (SSSR count). The van der Waals surface area contributed by atoms with Crippen molar-refractivity contribution in [3.05, 3.63) is 11.6 Å². The Balaban J connectivity index is 1.59. The predicted octanol–water partition coefficient (Wildman–Crippen LogP) is 5.10. The minimum atomic E-state index is 0.594. The van der Waals surface area contributed by atoms with Gasteiger partial charge in [-0.25, -0.2) is 0 Å². The third-order valence-corrected chi connectivity index (χ3v) is 7.37. The summed E-state index contributed by atoms with van der Waals surface area (Å²) in [6, 6.07) is 0. The van der Waals surface area contributed by atoms with Crippen LogP contribution in [0.3, 0.4) is 0 Å². The van der Waals surface area contributed by atoms with Gasteiger partial charge in [0.1, 0.15) is 7.28 Å². The molecule has 0 aromatic rings. The lowest BCUT2D eigenvalue weighted by molar-refractivity contribution is -0.0357. The summed E-state index contributed by atoms with van der Waals surface area (Å²) >= 11 is 0. The largest absolute Gasteiger partial charge is 0.118 e. The molecular weight excluding hydrogens is 227 g/mol. The quantitative estimate of drug-likeness (QED) is 0.451. The number of allylic oxidation sites excluding steroid dienone is 2. The van der Waals surface area contributed by atoms with Crippen LogP contribution in [0.2, 0.25) is 11.6 Å². The fourth-order valence-corrected chi connectivity index (χ4v) is 5.96. The highest BCUT2D eigenvalue weighted by molar-refractivity contribution is 6.40.